The monoisotopic (exact) mass is 301 g/mol. The van der Waals surface area contributed by atoms with Crippen molar-refractivity contribution >= 4 is 11.8 Å². The molecule has 0 aromatic heterocycles. The van der Waals surface area contributed by atoms with Crippen LogP contribution in [0.1, 0.15) is 30.9 Å². The molecule has 2 nitrogen and oxygen atoms in total. The Balaban J connectivity index is 1.79. The highest BCUT2D eigenvalue weighted by molar-refractivity contribution is 7.99. The third kappa shape index (κ3) is 4.80. The number of thioether (sulfide) groups is 1. The summed E-state index contributed by atoms with van der Waals surface area (Å²) in [7, 11) is 0. The highest BCUT2D eigenvalue weighted by Gasteiger charge is 2.02. The van der Waals surface area contributed by atoms with Crippen molar-refractivity contribution < 1.29 is 4.74 Å². The number of rotatable bonds is 7. The molecule has 0 amide bonds. The molecule has 2 N–H and O–H groups in total. The molecule has 0 aliphatic carbocycles. The zero-order valence-corrected chi connectivity index (χ0v) is 13.5. The smallest absolute Gasteiger partial charge is 0.123 e. The van der Waals surface area contributed by atoms with Crippen LogP contribution in [0, 0.1) is 0 Å². The highest BCUT2D eigenvalue weighted by atomic mass is 32.2. The number of hydrogen-bond acceptors (Lipinski definition) is 3. The first-order valence-corrected chi connectivity index (χ1v) is 8.33. The molecule has 0 bridgehead atoms. The molecule has 0 heterocycles. The number of ether oxygens (including phenoxy) is 1. The summed E-state index contributed by atoms with van der Waals surface area (Å²) < 4.78 is 5.81. The van der Waals surface area contributed by atoms with Crippen LogP contribution in [-0.4, -0.2) is 12.4 Å². The summed E-state index contributed by atoms with van der Waals surface area (Å²) >= 11 is 1.82. The standard InChI is InChI=1S/C18H23NOS/c1-14(2)15-7-9-17(10-8-15)21-12-11-20-18-6-4-3-5-16(18)13-19/h3-10,14H,11-13,19H2,1-2H3. The van der Waals surface area contributed by atoms with Crippen molar-refractivity contribution in [2.45, 2.75) is 31.2 Å². The SMILES string of the molecule is CC(C)c1ccc(SCCOc2ccccc2CN)cc1. The predicted molar refractivity (Wildman–Crippen MR) is 91.1 cm³/mol. The fourth-order valence-electron chi connectivity index (χ4n) is 2.07. The summed E-state index contributed by atoms with van der Waals surface area (Å²) in [6, 6.07) is 16.7. The summed E-state index contributed by atoms with van der Waals surface area (Å²) in [6.07, 6.45) is 0. The molecule has 0 aliphatic heterocycles. The van der Waals surface area contributed by atoms with Gasteiger partial charge in [-0.05, 0) is 29.7 Å². The van der Waals surface area contributed by atoms with Crippen LogP contribution in [0.5, 0.6) is 5.75 Å². The molecule has 0 saturated carbocycles. The van der Waals surface area contributed by atoms with Gasteiger partial charge in [0.05, 0.1) is 6.61 Å². The van der Waals surface area contributed by atoms with Crippen molar-refractivity contribution in [1.82, 2.24) is 0 Å². The normalized spacial score (nSPS) is 10.9. The summed E-state index contributed by atoms with van der Waals surface area (Å²) in [5.74, 6) is 2.41. The van der Waals surface area contributed by atoms with Crippen molar-refractivity contribution in [2.75, 3.05) is 12.4 Å². The van der Waals surface area contributed by atoms with E-state index in [0.717, 1.165) is 17.1 Å². The highest BCUT2D eigenvalue weighted by Crippen LogP contribution is 2.22. The van der Waals surface area contributed by atoms with E-state index in [4.69, 9.17) is 10.5 Å². The fourth-order valence-corrected chi connectivity index (χ4v) is 2.80. The third-order valence-electron chi connectivity index (χ3n) is 3.35. The Hall–Kier alpha value is -1.45. The van der Waals surface area contributed by atoms with Crippen molar-refractivity contribution in [1.29, 1.82) is 0 Å². The van der Waals surface area contributed by atoms with Gasteiger partial charge in [0.2, 0.25) is 0 Å². The number of para-hydroxylation sites is 1. The minimum atomic E-state index is 0.514. The minimum Gasteiger partial charge on any atom is -0.492 e. The molecular formula is C18H23NOS. The average molecular weight is 301 g/mol. The zero-order valence-electron chi connectivity index (χ0n) is 12.7. The van der Waals surface area contributed by atoms with E-state index in [9.17, 15) is 0 Å². The van der Waals surface area contributed by atoms with E-state index in [1.807, 2.05) is 36.0 Å². The Kier molecular flexibility index (Phi) is 6.15. The Morgan fingerprint density at radius 1 is 1.05 bits per heavy atom. The summed E-state index contributed by atoms with van der Waals surface area (Å²) in [4.78, 5) is 1.29. The maximum atomic E-state index is 5.81. The van der Waals surface area contributed by atoms with Gasteiger partial charge in [-0.25, -0.2) is 0 Å². The van der Waals surface area contributed by atoms with Gasteiger partial charge >= 0.3 is 0 Å². The molecule has 112 valence electrons. The lowest BCUT2D eigenvalue weighted by Crippen LogP contribution is -2.05. The second-order valence-electron chi connectivity index (χ2n) is 5.23. The van der Waals surface area contributed by atoms with E-state index < -0.39 is 0 Å². The first-order valence-electron chi connectivity index (χ1n) is 7.34. The number of nitrogens with two attached hydrogens (primary N) is 1. The lowest BCUT2D eigenvalue weighted by atomic mass is 10.0. The van der Waals surface area contributed by atoms with E-state index in [1.165, 1.54) is 10.5 Å². The van der Waals surface area contributed by atoms with Crippen molar-refractivity contribution in [3.63, 3.8) is 0 Å². The Bertz CT molecular complexity index is 551. The molecule has 2 aromatic carbocycles. The summed E-state index contributed by atoms with van der Waals surface area (Å²) in [5.41, 5.74) is 8.14. The molecule has 0 spiro atoms. The van der Waals surface area contributed by atoms with Crippen molar-refractivity contribution in [3.8, 4) is 5.75 Å². The molecule has 21 heavy (non-hydrogen) atoms. The van der Waals surface area contributed by atoms with Crippen LogP contribution in [0.4, 0.5) is 0 Å². The molecule has 0 fully saturated rings. The van der Waals surface area contributed by atoms with Gasteiger partial charge in [-0.1, -0.05) is 44.2 Å². The minimum absolute atomic E-state index is 0.514. The van der Waals surface area contributed by atoms with Crippen LogP contribution in [0.15, 0.2) is 53.4 Å². The predicted octanol–water partition coefficient (Wildman–Crippen LogP) is 4.44. The molecular weight excluding hydrogens is 278 g/mol. The van der Waals surface area contributed by atoms with E-state index in [2.05, 4.69) is 38.1 Å². The Morgan fingerprint density at radius 2 is 1.76 bits per heavy atom. The molecule has 0 aliphatic rings. The molecule has 0 unspecified atom stereocenters. The van der Waals surface area contributed by atoms with E-state index in [1.54, 1.807) is 0 Å². The molecule has 0 radical (unpaired) electrons. The van der Waals surface area contributed by atoms with Crippen LogP contribution in [0.25, 0.3) is 0 Å². The third-order valence-corrected chi connectivity index (χ3v) is 4.33. The quantitative estimate of drug-likeness (QED) is 0.606. The first kappa shape index (κ1) is 15.9. The second-order valence-corrected chi connectivity index (χ2v) is 6.40. The topological polar surface area (TPSA) is 35.2 Å². The fraction of sp³-hybridized carbons (Fsp3) is 0.333. The van der Waals surface area contributed by atoms with E-state index >= 15 is 0 Å². The van der Waals surface area contributed by atoms with Crippen LogP contribution in [0.2, 0.25) is 0 Å². The van der Waals surface area contributed by atoms with Crippen molar-refractivity contribution in [2.24, 2.45) is 5.73 Å². The summed E-state index contributed by atoms with van der Waals surface area (Å²) in [5, 5.41) is 0. The number of hydrogen-bond donors (Lipinski definition) is 1. The molecule has 2 aromatic rings. The number of benzene rings is 2. The summed E-state index contributed by atoms with van der Waals surface area (Å²) in [6.45, 7) is 5.63. The van der Waals surface area contributed by atoms with Gasteiger partial charge in [0.1, 0.15) is 5.75 Å². The van der Waals surface area contributed by atoms with Crippen LogP contribution < -0.4 is 10.5 Å². The molecule has 3 heteroatoms. The van der Waals surface area contributed by atoms with Crippen LogP contribution in [0.3, 0.4) is 0 Å². The van der Waals surface area contributed by atoms with Gasteiger partial charge in [0.15, 0.2) is 0 Å². The van der Waals surface area contributed by atoms with Crippen LogP contribution >= 0.6 is 11.8 Å². The average Bonchev–Trinajstić information content (AvgIpc) is 2.52. The maximum Gasteiger partial charge on any atom is 0.123 e. The van der Waals surface area contributed by atoms with Gasteiger partial charge in [0.25, 0.3) is 0 Å². The van der Waals surface area contributed by atoms with Crippen LogP contribution in [-0.2, 0) is 6.54 Å². The Morgan fingerprint density at radius 3 is 2.43 bits per heavy atom. The lowest BCUT2D eigenvalue weighted by Gasteiger charge is -2.10. The Labute approximate surface area is 131 Å². The molecule has 2 rings (SSSR count). The molecule has 0 saturated heterocycles. The van der Waals surface area contributed by atoms with Gasteiger partial charge < -0.3 is 10.5 Å². The largest absolute Gasteiger partial charge is 0.492 e. The van der Waals surface area contributed by atoms with Gasteiger partial charge in [-0.15, -0.1) is 11.8 Å². The van der Waals surface area contributed by atoms with Gasteiger partial charge in [-0.2, -0.15) is 0 Å². The maximum absolute atomic E-state index is 5.81. The second kappa shape index (κ2) is 8.11. The van der Waals surface area contributed by atoms with Crippen molar-refractivity contribution in [3.05, 3.63) is 59.7 Å². The zero-order chi connectivity index (χ0) is 15.1. The lowest BCUT2D eigenvalue weighted by molar-refractivity contribution is 0.340. The van der Waals surface area contributed by atoms with E-state index in [-0.39, 0.29) is 0 Å². The molecule has 0 atom stereocenters. The van der Waals surface area contributed by atoms with Gasteiger partial charge in [0, 0.05) is 22.8 Å². The first-order chi connectivity index (χ1) is 10.2. The van der Waals surface area contributed by atoms with Gasteiger partial charge in [-0.3, -0.25) is 0 Å². The van der Waals surface area contributed by atoms with E-state index in [0.29, 0.717) is 19.1 Å².